The first-order valence-corrected chi connectivity index (χ1v) is 12.4. The summed E-state index contributed by atoms with van der Waals surface area (Å²) in [5.74, 6) is 1.91. The number of nitrogens with one attached hydrogen (secondary N) is 1. The van der Waals surface area contributed by atoms with Crippen LogP contribution in [0.15, 0.2) is 97.1 Å². The van der Waals surface area contributed by atoms with Gasteiger partial charge in [0.25, 0.3) is 0 Å². The van der Waals surface area contributed by atoms with Gasteiger partial charge in [0.1, 0.15) is 11.6 Å². The fourth-order valence-corrected chi connectivity index (χ4v) is 4.83. The second kappa shape index (κ2) is 9.75. The second-order valence-electron chi connectivity index (χ2n) is 9.56. The summed E-state index contributed by atoms with van der Waals surface area (Å²) in [5.41, 5.74) is 6.68. The lowest BCUT2D eigenvalue weighted by molar-refractivity contribution is 0.616. The molecule has 0 saturated carbocycles. The average Bonchev–Trinajstić information content (AvgIpc) is 3.17. The van der Waals surface area contributed by atoms with Gasteiger partial charge in [-0.1, -0.05) is 78.9 Å². The number of rotatable bonds is 7. The number of nitrogens with zero attached hydrogens (tertiary/aromatic N) is 3. The van der Waals surface area contributed by atoms with Crippen molar-refractivity contribution in [2.24, 2.45) is 0 Å². The first-order valence-electron chi connectivity index (χ1n) is 12.4. The highest BCUT2D eigenvalue weighted by molar-refractivity contribution is 5.78. The van der Waals surface area contributed by atoms with Crippen LogP contribution >= 0.6 is 0 Å². The highest BCUT2D eigenvalue weighted by Gasteiger charge is 2.33. The molecule has 4 aliphatic rings. The predicted octanol–water partition coefficient (Wildman–Crippen LogP) is 7.51. The molecule has 2 heterocycles. The Bertz CT molecular complexity index is 1310. The molecule has 4 nitrogen and oxygen atoms in total. The van der Waals surface area contributed by atoms with Crippen molar-refractivity contribution in [2.45, 2.75) is 45.8 Å². The van der Waals surface area contributed by atoms with Crippen molar-refractivity contribution in [2.75, 3.05) is 10.2 Å². The van der Waals surface area contributed by atoms with Crippen LogP contribution < -0.4 is 10.2 Å². The van der Waals surface area contributed by atoms with Gasteiger partial charge in [-0.3, -0.25) is 0 Å². The van der Waals surface area contributed by atoms with E-state index in [1.54, 1.807) is 0 Å². The molecule has 176 valence electrons. The number of hydrogen-bond acceptors (Lipinski definition) is 4. The zero-order valence-electron chi connectivity index (χ0n) is 20.8. The van der Waals surface area contributed by atoms with E-state index in [-0.39, 0.29) is 18.1 Å². The van der Waals surface area contributed by atoms with Crippen LogP contribution in [0.1, 0.15) is 44.9 Å². The van der Waals surface area contributed by atoms with E-state index in [1.165, 1.54) is 11.1 Å². The van der Waals surface area contributed by atoms with Gasteiger partial charge in [-0.05, 0) is 51.5 Å². The van der Waals surface area contributed by atoms with Gasteiger partial charge < -0.3 is 10.2 Å². The van der Waals surface area contributed by atoms with Crippen LogP contribution in [0.4, 0.5) is 11.6 Å². The lowest BCUT2D eigenvalue weighted by atomic mass is 9.93. The maximum Gasteiger partial charge on any atom is 0.133 e. The molecule has 1 aromatic rings. The summed E-state index contributed by atoms with van der Waals surface area (Å²) in [4.78, 5) is 12.6. The molecule has 0 bridgehead atoms. The Labute approximate surface area is 208 Å². The number of benzene rings is 1. The highest BCUT2D eigenvalue weighted by Crippen LogP contribution is 2.44. The van der Waals surface area contributed by atoms with Crippen molar-refractivity contribution < 1.29 is 0 Å². The van der Waals surface area contributed by atoms with Gasteiger partial charge in [-0.15, -0.1) is 0 Å². The molecular weight excluding hydrogens is 428 g/mol. The predicted molar refractivity (Wildman–Crippen MR) is 146 cm³/mol. The van der Waals surface area contributed by atoms with Gasteiger partial charge in [-0.2, -0.15) is 0 Å². The van der Waals surface area contributed by atoms with E-state index < -0.39 is 0 Å². The first-order chi connectivity index (χ1) is 17.0. The molecule has 4 heteroatoms. The number of fused-ring (bicyclic) bond motifs is 2. The summed E-state index contributed by atoms with van der Waals surface area (Å²) in [7, 11) is 0. The van der Waals surface area contributed by atoms with Crippen molar-refractivity contribution in [3.63, 3.8) is 0 Å². The molecule has 35 heavy (non-hydrogen) atoms. The standard InChI is InChI=1S/C31H32N4/c1-21(2)32-31-29(25-17-11-7-13-19-27(25)34-31)30(23-14-8-5-9-15-23)35(22(3)4)28-20-24-16-10-6-12-18-26(24)33-28/h5-22,30H,1-4H3,(H,32,34). The van der Waals surface area contributed by atoms with Gasteiger partial charge in [0.15, 0.2) is 0 Å². The van der Waals surface area contributed by atoms with Gasteiger partial charge in [0.2, 0.25) is 0 Å². The zero-order valence-corrected chi connectivity index (χ0v) is 20.8. The Morgan fingerprint density at radius 2 is 1.31 bits per heavy atom. The smallest absolute Gasteiger partial charge is 0.133 e. The SMILES string of the molecule is CC(C)Nc1nc2cccccc-2c1C(c1ccccc1)N(c1cc2cccccc-2n1)C(C)C. The van der Waals surface area contributed by atoms with Crippen LogP contribution in [-0.2, 0) is 0 Å². The molecular formula is C31H32N4. The normalized spacial score (nSPS) is 12.4. The number of hydrogen-bond donors (Lipinski definition) is 1. The molecule has 0 amide bonds. The number of aromatic nitrogens is 2. The third-order valence-corrected chi connectivity index (χ3v) is 6.27. The van der Waals surface area contributed by atoms with Gasteiger partial charge in [-0.25, -0.2) is 9.97 Å². The van der Waals surface area contributed by atoms with Crippen molar-refractivity contribution in [1.29, 1.82) is 0 Å². The summed E-state index contributed by atoms with van der Waals surface area (Å²) in [6, 6.07) is 34.2. The quantitative estimate of drug-likeness (QED) is 0.273. The topological polar surface area (TPSA) is 41.1 Å². The molecule has 0 radical (unpaired) electrons. The Morgan fingerprint density at radius 3 is 2.00 bits per heavy atom. The summed E-state index contributed by atoms with van der Waals surface area (Å²) >= 11 is 0. The minimum Gasteiger partial charge on any atom is -0.368 e. The van der Waals surface area contributed by atoms with E-state index in [9.17, 15) is 0 Å². The number of anilines is 2. The summed E-state index contributed by atoms with van der Waals surface area (Å²) < 4.78 is 0. The van der Waals surface area contributed by atoms with Crippen LogP contribution in [0, 0.1) is 0 Å². The van der Waals surface area contributed by atoms with Crippen LogP contribution in [0.5, 0.6) is 0 Å². The fourth-order valence-electron chi connectivity index (χ4n) is 4.83. The maximum atomic E-state index is 5.10. The third kappa shape index (κ3) is 4.57. The zero-order chi connectivity index (χ0) is 24.4. The van der Waals surface area contributed by atoms with Gasteiger partial charge in [0, 0.05) is 28.8 Å². The van der Waals surface area contributed by atoms with E-state index in [4.69, 9.17) is 9.97 Å². The molecule has 2 aliphatic heterocycles. The lowest BCUT2D eigenvalue weighted by Gasteiger charge is -2.37. The van der Waals surface area contributed by atoms with E-state index >= 15 is 0 Å². The van der Waals surface area contributed by atoms with Crippen molar-refractivity contribution >= 4 is 11.6 Å². The molecule has 2 aliphatic carbocycles. The van der Waals surface area contributed by atoms with E-state index in [0.717, 1.165) is 34.2 Å². The van der Waals surface area contributed by atoms with E-state index in [0.29, 0.717) is 0 Å². The minimum absolute atomic E-state index is 0.0667. The molecule has 1 aromatic carbocycles. The molecule has 1 atom stereocenters. The minimum atomic E-state index is -0.0667. The van der Waals surface area contributed by atoms with Crippen molar-refractivity contribution in [3.8, 4) is 22.5 Å². The van der Waals surface area contributed by atoms with Crippen LogP contribution in [0.25, 0.3) is 22.5 Å². The summed E-state index contributed by atoms with van der Waals surface area (Å²) in [5, 5.41) is 3.64. The summed E-state index contributed by atoms with van der Waals surface area (Å²) in [6.07, 6.45) is 0. The van der Waals surface area contributed by atoms with Gasteiger partial charge >= 0.3 is 0 Å². The second-order valence-corrected chi connectivity index (χ2v) is 9.56. The lowest BCUT2D eigenvalue weighted by Crippen LogP contribution is -2.36. The Hall–Kier alpha value is -3.92. The molecule has 0 fully saturated rings. The molecule has 0 saturated heterocycles. The molecule has 0 spiro atoms. The molecule has 5 rings (SSSR count). The highest BCUT2D eigenvalue weighted by atomic mass is 15.2. The van der Waals surface area contributed by atoms with E-state index in [2.05, 4.69) is 123 Å². The van der Waals surface area contributed by atoms with Crippen LogP contribution in [-0.4, -0.2) is 22.1 Å². The van der Waals surface area contributed by atoms with Crippen LogP contribution in [0.2, 0.25) is 0 Å². The average molecular weight is 461 g/mol. The van der Waals surface area contributed by atoms with Crippen LogP contribution in [0.3, 0.4) is 0 Å². The summed E-state index contributed by atoms with van der Waals surface area (Å²) in [6.45, 7) is 8.80. The third-order valence-electron chi connectivity index (χ3n) is 6.27. The van der Waals surface area contributed by atoms with Crippen molar-refractivity contribution in [1.82, 2.24) is 9.97 Å². The maximum absolute atomic E-state index is 5.10. The van der Waals surface area contributed by atoms with Gasteiger partial charge in [0.05, 0.1) is 17.4 Å². The van der Waals surface area contributed by atoms with Crippen molar-refractivity contribution in [3.05, 3.63) is 108 Å². The molecule has 1 N–H and O–H groups in total. The Kier molecular flexibility index (Phi) is 6.37. The van der Waals surface area contributed by atoms with E-state index in [1.807, 2.05) is 12.1 Å². The Balaban J connectivity index is 1.78. The molecule has 1 unspecified atom stereocenters. The Morgan fingerprint density at radius 1 is 0.686 bits per heavy atom. The fraction of sp³-hybridized carbons (Fsp3) is 0.226. The molecule has 0 aromatic heterocycles. The largest absolute Gasteiger partial charge is 0.368 e. The monoisotopic (exact) mass is 460 g/mol. The first kappa shape index (κ1) is 22.9.